The molecule has 1 saturated carbocycles. The molecule has 1 aliphatic carbocycles. The van der Waals surface area contributed by atoms with E-state index in [4.69, 9.17) is 4.74 Å². The van der Waals surface area contributed by atoms with Crippen LogP contribution in [0.3, 0.4) is 0 Å². The van der Waals surface area contributed by atoms with Crippen LogP contribution >= 0.6 is 0 Å². The zero-order valence-electron chi connectivity index (χ0n) is 14.4. The van der Waals surface area contributed by atoms with Gasteiger partial charge in [-0.3, -0.25) is 4.90 Å². The third kappa shape index (κ3) is 5.45. The summed E-state index contributed by atoms with van der Waals surface area (Å²) in [6.07, 6.45) is 2.03. The number of benzene rings is 2. The van der Waals surface area contributed by atoms with Crippen LogP contribution in [0.25, 0.3) is 0 Å². The summed E-state index contributed by atoms with van der Waals surface area (Å²) >= 11 is 0. The van der Waals surface area contributed by atoms with E-state index in [1.54, 1.807) is 0 Å². The molecule has 1 aliphatic rings. The molecule has 0 amide bonds. The van der Waals surface area contributed by atoms with Gasteiger partial charge in [0, 0.05) is 19.1 Å². The molecule has 0 aromatic heterocycles. The van der Waals surface area contributed by atoms with Gasteiger partial charge in [0.05, 0.1) is 19.3 Å². The van der Waals surface area contributed by atoms with Crippen LogP contribution in [0, 0.1) is 6.92 Å². The molecule has 128 valence electrons. The molecule has 0 heterocycles. The van der Waals surface area contributed by atoms with Crippen LogP contribution in [-0.2, 0) is 17.9 Å². The van der Waals surface area contributed by atoms with Crippen molar-refractivity contribution in [3.8, 4) is 0 Å². The van der Waals surface area contributed by atoms with Gasteiger partial charge < -0.3 is 9.84 Å². The predicted octanol–water partition coefficient (Wildman–Crippen LogP) is 3.54. The topological polar surface area (TPSA) is 32.7 Å². The SMILES string of the molecule is Cc1cccc(CN(C[C@H](O)COCc2ccccc2)C2CC2)c1. The van der Waals surface area contributed by atoms with Gasteiger partial charge in [-0.25, -0.2) is 0 Å². The fourth-order valence-corrected chi connectivity index (χ4v) is 3.04. The van der Waals surface area contributed by atoms with Crippen LogP contribution < -0.4 is 0 Å². The number of aliphatic hydroxyl groups excluding tert-OH is 1. The maximum absolute atomic E-state index is 10.3. The minimum atomic E-state index is -0.445. The van der Waals surface area contributed by atoms with Crippen molar-refractivity contribution in [2.24, 2.45) is 0 Å². The van der Waals surface area contributed by atoms with Crippen LogP contribution in [0.5, 0.6) is 0 Å². The molecule has 2 aromatic carbocycles. The largest absolute Gasteiger partial charge is 0.389 e. The molecule has 24 heavy (non-hydrogen) atoms. The van der Waals surface area contributed by atoms with Gasteiger partial charge >= 0.3 is 0 Å². The lowest BCUT2D eigenvalue weighted by molar-refractivity contribution is 0.00705. The Morgan fingerprint density at radius 1 is 1.08 bits per heavy atom. The summed E-state index contributed by atoms with van der Waals surface area (Å²) in [5.41, 5.74) is 3.75. The number of hydrogen-bond donors (Lipinski definition) is 1. The number of aliphatic hydroxyl groups is 1. The highest BCUT2D eigenvalue weighted by molar-refractivity contribution is 5.22. The van der Waals surface area contributed by atoms with Crippen molar-refractivity contribution in [1.29, 1.82) is 0 Å². The maximum atomic E-state index is 10.3. The lowest BCUT2D eigenvalue weighted by Gasteiger charge is -2.25. The zero-order valence-corrected chi connectivity index (χ0v) is 14.4. The van der Waals surface area contributed by atoms with Gasteiger partial charge in [-0.1, -0.05) is 60.2 Å². The van der Waals surface area contributed by atoms with E-state index in [1.165, 1.54) is 24.0 Å². The highest BCUT2D eigenvalue weighted by Gasteiger charge is 2.30. The summed E-state index contributed by atoms with van der Waals surface area (Å²) < 4.78 is 5.68. The van der Waals surface area contributed by atoms with E-state index in [-0.39, 0.29) is 0 Å². The van der Waals surface area contributed by atoms with Crippen LogP contribution in [0.4, 0.5) is 0 Å². The third-order valence-corrected chi connectivity index (χ3v) is 4.40. The van der Waals surface area contributed by atoms with E-state index >= 15 is 0 Å². The minimum absolute atomic E-state index is 0.381. The summed E-state index contributed by atoms with van der Waals surface area (Å²) in [4.78, 5) is 2.39. The Labute approximate surface area is 144 Å². The fourth-order valence-electron chi connectivity index (χ4n) is 3.04. The highest BCUT2D eigenvalue weighted by Crippen LogP contribution is 2.28. The second-order valence-electron chi connectivity index (χ2n) is 6.80. The first kappa shape index (κ1) is 17.2. The van der Waals surface area contributed by atoms with E-state index < -0.39 is 6.10 Å². The first-order chi connectivity index (χ1) is 11.7. The minimum Gasteiger partial charge on any atom is -0.389 e. The van der Waals surface area contributed by atoms with Crippen LogP contribution in [0.2, 0.25) is 0 Å². The second-order valence-corrected chi connectivity index (χ2v) is 6.80. The van der Waals surface area contributed by atoms with Gasteiger partial charge in [-0.2, -0.15) is 0 Å². The molecule has 0 radical (unpaired) electrons. The number of ether oxygens (including phenoxy) is 1. The standard InChI is InChI=1S/C21H27NO2/c1-17-6-5-9-19(12-17)13-22(20-10-11-20)14-21(23)16-24-15-18-7-3-2-4-8-18/h2-9,12,20-21,23H,10-11,13-16H2,1H3/t21-/m0/s1. The van der Waals surface area contributed by atoms with Gasteiger partial charge in [-0.15, -0.1) is 0 Å². The van der Waals surface area contributed by atoms with Crippen LogP contribution in [-0.4, -0.2) is 35.3 Å². The summed E-state index contributed by atoms with van der Waals surface area (Å²) in [5, 5.41) is 10.3. The van der Waals surface area contributed by atoms with Gasteiger partial charge in [0.25, 0.3) is 0 Å². The molecule has 0 spiro atoms. The van der Waals surface area contributed by atoms with Crippen LogP contribution in [0.15, 0.2) is 54.6 Å². The van der Waals surface area contributed by atoms with Crippen molar-refractivity contribution >= 4 is 0 Å². The predicted molar refractivity (Wildman–Crippen MR) is 96.7 cm³/mol. The summed E-state index contributed by atoms with van der Waals surface area (Å²) in [7, 11) is 0. The molecule has 0 aliphatic heterocycles. The average Bonchev–Trinajstić information content (AvgIpc) is 3.40. The van der Waals surface area contributed by atoms with E-state index in [9.17, 15) is 5.11 Å². The molecule has 0 unspecified atom stereocenters. The van der Waals surface area contributed by atoms with Gasteiger partial charge in [0.2, 0.25) is 0 Å². The van der Waals surface area contributed by atoms with Crippen molar-refractivity contribution < 1.29 is 9.84 Å². The lowest BCUT2D eigenvalue weighted by Crippen LogP contribution is -2.36. The first-order valence-electron chi connectivity index (χ1n) is 8.80. The molecule has 3 rings (SSSR count). The molecule has 2 aromatic rings. The van der Waals surface area contributed by atoms with Crippen molar-refractivity contribution in [3.05, 3.63) is 71.3 Å². The molecule has 3 heteroatoms. The van der Waals surface area contributed by atoms with Gasteiger partial charge in [-0.05, 0) is 30.9 Å². The number of nitrogens with zero attached hydrogens (tertiary/aromatic N) is 1. The number of hydrogen-bond acceptors (Lipinski definition) is 3. The Kier molecular flexibility index (Phi) is 6.02. The molecule has 1 atom stereocenters. The smallest absolute Gasteiger partial charge is 0.0900 e. The summed E-state index contributed by atoms with van der Waals surface area (Å²) in [6, 6.07) is 19.3. The summed E-state index contributed by atoms with van der Waals surface area (Å²) in [5.74, 6) is 0. The molecular formula is C21H27NO2. The number of rotatable bonds is 9. The van der Waals surface area contributed by atoms with E-state index in [0.29, 0.717) is 25.8 Å². The second kappa shape index (κ2) is 8.43. The monoisotopic (exact) mass is 325 g/mol. The lowest BCUT2D eigenvalue weighted by atomic mass is 10.1. The fraction of sp³-hybridized carbons (Fsp3) is 0.429. The van der Waals surface area contributed by atoms with E-state index in [1.807, 2.05) is 30.3 Å². The normalized spacial score (nSPS) is 15.6. The Balaban J connectivity index is 1.46. The van der Waals surface area contributed by atoms with E-state index in [2.05, 4.69) is 36.1 Å². The van der Waals surface area contributed by atoms with Gasteiger partial charge in [0.1, 0.15) is 0 Å². The Morgan fingerprint density at radius 3 is 2.54 bits per heavy atom. The molecule has 0 bridgehead atoms. The highest BCUT2D eigenvalue weighted by atomic mass is 16.5. The average molecular weight is 325 g/mol. The maximum Gasteiger partial charge on any atom is 0.0900 e. The zero-order chi connectivity index (χ0) is 16.8. The third-order valence-electron chi connectivity index (χ3n) is 4.40. The summed E-state index contributed by atoms with van der Waals surface area (Å²) in [6.45, 7) is 4.64. The van der Waals surface area contributed by atoms with Crippen molar-refractivity contribution in [3.63, 3.8) is 0 Å². The first-order valence-corrected chi connectivity index (χ1v) is 8.80. The quantitative estimate of drug-likeness (QED) is 0.765. The Hall–Kier alpha value is -1.68. The number of aryl methyl sites for hydroxylation is 1. The van der Waals surface area contributed by atoms with Crippen molar-refractivity contribution in [2.75, 3.05) is 13.2 Å². The van der Waals surface area contributed by atoms with Crippen molar-refractivity contribution in [1.82, 2.24) is 4.90 Å². The Morgan fingerprint density at radius 2 is 1.83 bits per heavy atom. The van der Waals surface area contributed by atoms with Crippen molar-refractivity contribution in [2.45, 2.75) is 45.1 Å². The molecule has 0 saturated heterocycles. The molecule has 1 N–H and O–H groups in total. The molecular weight excluding hydrogens is 298 g/mol. The molecule has 3 nitrogen and oxygen atoms in total. The van der Waals surface area contributed by atoms with Gasteiger partial charge in [0.15, 0.2) is 0 Å². The Bertz CT molecular complexity index is 625. The van der Waals surface area contributed by atoms with E-state index in [0.717, 1.165) is 12.1 Å². The molecule has 1 fully saturated rings. The van der Waals surface area contributed by atoms with Crippen LogP contribution in [0.1, 0.15) is 29.5 Å².